The Morgan fingerprint density at radius 1 is 1.29 bits per heavy atom. The highest BCUT2D eigenvalue weighted by molar-refractivity contribution is 5.59. The second-order valence-corrected chi connectivity index (χ2v) is 5.12. The summed E-state index contributed by atoms with van der Waals surface area (Å²) in [5.41, 5.74) is 1.77. The first-order chi connectivity index (χ1) is 10.2. The number of aromatic amines is 1. The molecular weight excluding hydrogens is 276 g/mol. The molecule has 0 amide bonds. The van der Waals surface area contributed by atoms with Crippen LogP contribution in [-0.2, 0) is 6.42 Å². The number of benzene rings is 1. The smallest absolute Gasteiger partial charge is 0.387 e. The van der Waals surface area contributed by atoms with Gasteiger partial charge in [-0.15, -0.1) is 0 Å². The van der Waals surface area contributed by atoms with Gasteiger partial charge >= 0.3 is 6.61 Å². The summed E-state index contributed by atoms with van der Waals surface area (Å²) in [4.78, 5) is 7.58. The van der Waals surface area contributed by atoms with Crippen molar-refractivity contribution < 1.29 is 13.5 Å². The number of ether oxygens (including phenoxy) is 1. The summed E-state index contributed by atoms with van der Waals surface area (Å²) >= 11 is 0. The molecule has 112 valence electrons. The SMILES string of the molecule is FC(F)Oc1ccc(-c2cnc(CCNC3CC3)[nH]2)cc1. The molecule has 1 fully saturated rings. The Labute approximate surface area is 121 Å². The third-order valence-electron chi connectivity index (χ3n) is 3.39. The maximum Gasteiger partial charge on any atom is 0.387 e. The molecule has 0 unspecified atom stereocenters. The molecule has 0 bridgehead atoms. The zero-order chi connectivity index (χ0) is 14.7. The van der Waals surface area contributed by atoms with Crippen LogP contribution in [0.5, 0.6) is 5.75 Å². The molecule has 0 radical (unpaired) electrons. The lowest BCUT2D eigenvalue weighted by atomic mass is 10.2. The summed E-state index contributed by atoms with van der Waals surface area (Å²) in [5.74, 6) is 1.08. The van der Waals surface area contributed by atoms with Gasteiger partial charge in [-0.2, -0.15) is 8.78 Å². The number of nitrogens with zero attached hydrogens (tertiary/aromatic N) is 1. The van der Waals surface area contributed by atoms with Crippen LogP contribution >= 0.6 is 0 Å². The van der Waals surface area contributed by atoms with Gasteiger partial charge in [-0.3, -0.25) is 0 Å². The molecule has 3 rings (SSSR count). The predicted molar refractivity (Wildman–Crippen MR) is 75.4 cm³/mol. The molecule has 0 atom stereocenters. The van der Waals surface area contributed by atoms with Gasteiger partial charge in [-0.05, 0) is 42.7 Å². The van der Waals surface area contributed by atoms with Crippen molar-refractivity contribution in [3.8, 4) is 17.0 Å². The second kappa shape index (κ2) is 6.22. The van der Waals surface area contributed by atoms with Crippen LogP contribution in [0.3, 0.4) is 0 Å². The number of H-pyrrole nitrogens is 1. The Bertz CT molecular complexity index is 579. The Morgan fingerprint density at radius 3 is 2.71 bits per heavy atom. The van der Waals surface area contributed by atoms with Crippen LogP contribution < -0.4 is 10.1 Å². The topological polar surface area (TPSA) is 49.9 Å². The minimum atomic E-state index is -2.80. The summed E-state index contributed by atoms with van der Waals surface area (Å²) in [6.45, 7) is -1.88. The number of alkyl halides is 2. The third kappa shape index (κ3) is 4.01. The van der Waals surface area contributed by atoms with Crippen molar-refractivity contribution in [2.45, 2.75) is 31.9 Å². The van der Waals surface area contributed by atoms with Gasteiger partial charge in [0, 0.05) is 19.0 Å². The zero-order valence-corrected chi connectivity index (χ0v) is 11.5. The number of halogens is 2. The molecule has 1 saturated carbocycles. The molecule has 4 nitrogen and oxygen atoms in total. The first kappa shape index (κ1) is 14.0. The molecule has 1 aliphatic rings. The van der Waals surface area contributed by atoms with Gasteiger partial charge in [0.15, 0.2) is 0 Å². The van der Waals surface area contributed by atoms with Crippen molar-refractivity contribution in [3.05, 3.63) is 36.3 Å². The largest absolute Gasteiger partial charge is 0.435 e. The van der Waals surface area contributed by atoms with Crippen LogP contribution in [0.2, 0.25) is 0 Å². The zero-order valence-electron chi connectivity index (χ0n) is 11.5. The van der Waals surface area contributed by atoms with E-state index in [1.54, 1.807) is 18.3 Å². The number of hydrogen-bond acceptors (Lipinski definition) is 3. The number of hydrogen-bond donors (Lipinski definition) is 2. The Balaban J connectivity index is 1.59. The fourth-order valence-corrected chi connectivity index (χ4v) is 2.13. The maximum absolute atomic E-state index is 12.1. The molecule has 6 heteroatoms. The lowest BCUT2D eigenvalue weighted by Crippen LogP contribution is -2.19. The van der Waals surface area contributed by atoms with E-state index in [0.29, 0.717) is 6.04 Å². The van der Waals surface area contributed by atoms with Crippen LogP contribution in [0.15, 0.2) is 30.5 Å². The number of nitrogens with one attached hydrogen (secondary N) is 2. The van der Waals surface area contributed by atoms with E-state index in [2.05, 4.69) is 20.0 Å². The van der Waals surface area contributed by atoms with Crippen molar-refractivity contribution >= 4 is 0 Å². The van der Waals surface area contributed by atoms with Gasteiger partial charge in [0.25, 0.3) is 0 Å². The highest BCUT2D eigenvalue weighted by atomic mass is 19.3. The van der Waals surface area contributed by atoms with Crippen LogP contribution in [-0.4, -0.2) is 29.2 Å². The highest BCUT2D eigenvalue weighted by Gasteiger charge is 2.19. The van der Waals surface area contributed by atoms with Gasteiger partial charge in [-0.1, -0.05) is 0 Å². The van der Waals surface area contributed by atoms with Crippen LogP contribution in [0.25, 0.3) is 11.3 Å². The molecule has 1 aromatic carbocycles. The van der Waals surface area contributed by atoms with Crippen LogP contribution in [0.4, 0.5) is 8.78 Å². The maximum atomic E-state index is 12.1. The summed E-state index contributed by atoms with van der Waals surface area (Å²) < 4.78 is 28.5. The molecule has 1 aromatic heterocycles. The van der Waals surface area contributed by atoms with Gasteiger partial charge in [0.05, 0.1) is 11.9 Å². The monoisotopic (exact) mass is 293 g/mol. The van der Waals surface area contributed by atoms with Crippen LogP contribution in [0, 0.1) is 0 Å². The van der Waals surface area contributed by atoms with Gasteiger partial charge in [0.2, 0.25) is 0 Å². The lowest BCUT2D eigenvalue weighted by Gasteiger charge is -2.04. The third-order valence-corrected chi connectivity index (χ3v) is 3.39. The van der Waals surface area contributed by atoms with Crippen LogP contribution in [0.1, 0.15) is 18.7 Å². The van der Waals surface area contributed by atoms with E-state index in [9.17, 15) is 8.78 Å². The van der Waals surface area contributed by atoms with E-state index in [1.165, 1.54) is 25.0 Å². The van der Waals surface area contributed by atoms with E-state index in [0.717, 1.165) is 30.0 Å². The van der Waals surface area contributed by atoms with E-state index in [1.807, 2.05) is 0 Å². The second-order valence-electron chi connectivity index (χ2n) is 5.12. The molecule has 2 N–H and O–H groups in total. The Kier molecular flexibility index (Phi) is 4.15. The standard InChI is InChI=1S/C15H17F2N3O/c16-15(17)21-12-5-1-10(2-6-12)13-9-19-14(20-13)7-8-18-11-3-4-11/h1-2,5-6,9,11,15,18H,3-4,7-8H2,(H,19,20). The molecule has 1 heterocycles. The van der Waals surface area contributed by atoms with Gasteiger partial charge < -0.3 is 15.0 Å². The number of aromatic nitrogens is 2. The van der Waals surface area contributed by atoms with E-state index in [-0.39, 0.29) is 5.75 Å². The van der Waals surface area contributed by atoms with Crippen molar-refractivity contribution in [2.24, 2.45) is 0 Å². The minimum Gasteiger partial charge on any atom is -0.435 e. The van der Waals surface area contributed by atoms with E-state index in [4.69, 9.17) is 0 Å². The predicted octanol–water partition coefficient (Wildman–Crippen LogP) is 2.97. The fraction of sp³-hybridized carbons (Fsp3) is 0.400. The first-order valence-corrected chi connectivity index (χ1v) is 7.03. The molecule has 0 spiro atoms. The normalized spacial score (nSPS) is 14.6. The van der Waals surface area contributed by atoms with Crippen molar-refractivity contribution in [1.29, 1.82) is 0 Å². The molecule has 2 aromatic rings. The summed E-state index contributed by atoms with van der Waals surface area (Å²) in [6.07, 6.45) is 5.16. The van der Waals surface area contributed by atoms with E-state index < -0.39 is 6.61 Å². The van der Waals surface area contributed by atoms with Crippen molar-refractivity contribution in [2.75, 3.05) is 6.54 Å². The van der Waals surface area contributed by atoms with Crippen molar-refractivity contribution in [1.82, 2.24) is 15.3 Å². The quantitative estimate of drug-likeness (QED) is 0.825. The molecular formula is C15H17F2N3O. The first-order valence-electron chi connectivity index (χ1n) is 7.03. The Morgan fingerprint density at radius 2 is 2.05 bits per heavy atom. The molecule has 1 aliphatic carbocycles. The highest BCUT2D eigenvalue weighted by Crippen LogP contribution is 2.22. The lowest BCUT2D eigenvalue weighted by molar-refractivity contribution is -0.0498. The molecule has 21 heavy (non-hydrogen) atoms. The van der Waals surface area contributed by atoms with Crippen molar-refractivity contribution in [3.63, 3.8) is 0 Å². The van der Waals surface area contributed by atoms with Gasteiger partial charge in [0.1, 0.15) is 11.6 Å². The molecule has 0 saturated heterocycles. The summed E-state index contributed by atoms with van der Waals surface area (Å²) in [5, 5.41) is 3.43. The molecule has 0 aliphatic heterocycles. The summed E-state index contributed by atoms with van der Waals surface area (Å²) in [7, 11) is 0. The number of rotatable bonds is 7. The average Bonchev–Trinajstić information content (AvgIpc) is 3.16. The van der Waals surface area contributed by atoms with E-state index >= 15 is 0 Å². The fourth-order valence-electron chi connectivity index (χ4n) is 2.13. The summed E-state index contributed by atoms with van der Waals surface area (Å²) in [6, 6.07) is 7.21. The van der Waals surface area contributed by atoms with Gasteiger partial charge in [-0.25, -0.2) is 4.98 Å². The Hall–Kier alpha value is -1.95. The number of imidazole rings is 1. The minimum absolute atomic E-state index is 0.155. The average molecular weight is 293 g/mol.